The first kappa shape index (κ1) is 11.5. The van der Waals surface area contributed by atoms with Crippen LogP contribution < -0.4 is 0 Å². The summed E-state index contributed by atoms with van der Waals surface area (Å²) in [5.74, 6) is -1.03. The number of carbonyl (C=O) groups is 1. The Balaban J connectivity index is 2.16. The molecule has 86 valence electrons. The zero-order valence-corrected chi connectivity index (χ0v) is 9.81. The highest BCUT2D eigenvalue weighted by Crippen LogP contribution is 2.23. The molecule has 0 amide bonds. The second-order valence-corrected chi connectivity index (χ2v) is 4.31. The Morgan fingerprint density at radius 3 is 2.71 bits per heavy atom. The van der Waals surface area contributed by atoms with Crippen molar-refractivity contribution >= 4 is 17.7 Å². The Hall–Kier alpha value is -1.95. The topological polar surface area (TPSA) is 76.0 Å². The summed E-state index contributed by atoms with van der Waals surface area (Å²) in [7, 11) is 0. The molecule has 0 aliphatic carbocycles. The molecule has 2 aromatic heterocycles. The minimum Gasteiger partial charge on any atom is -0.477 e. The number of aryl methyl sites for hydroxylation is 1. The molecular weight excluding hydrogens is 238 g/mol. The molecule has 2 heterocycles. The summed E-state index contributed by atoms with van der Waals surface area (Å²) < 4.78 is 0. The van der Waals surface area contributed by atoms with Crippen molar-refractivity contribution in [3.05, 3.63) is 42.0 Å². The molecule has 0 saturated heterocycles. The smallest absolute Gasteiger partial charge is 0.354 e. The quantitative estimate of drug-likeness (QED) is 0.836. The van der Waals surface area contributed by atoms with Gasteiger partial charge in [-0.15, -0.1) is 0 Å². The van der Waals surface area contributed by atoms with Gasteiger partial charge in [0.25, 0.3) is 0 Å². The zero-order chi connectivity index (χ0) is 12.3. The van der Waals surface area contributed by atoms with Crippen molar-refractivity contribution in [2.75, 3.05) is 0 Å². The minimum absolute atomic E-state index is 0.0273. The number of hydrogen-bond donors (Lipinski definition) is 1. The highest BCUT2D eigenvalue weighted by atomic mass is 32.2. The van der Waals surface area contributed by atoms with Gasteiger partial charge in [0.05, 0.1) is 0 Å². The largest absolute Gasteiger partial charge is 0.477 e. The maximum absolute atomic E-state index is 10.6. The molecule has 0 radical (unpaired) electrons. The number of aromatic nitrogens is 3. The maximum Gasteiger partial charge on any atom is 0.354 e. The van der Waals surface area contributed by atoms with E-state index in [9.17, 15) is 4.79 Å². The highest BCUT2D eigenvalue weighted by molar-refractivity contribution is 7.99. The number of hydrogen-bond acceptors (Lipinski definition) is 5. The van der Waals surface area contributed by atoms with Crippen LogP contribution in [-0.2, 0) is 0 Å². The third-order valence-corrected chi connectivity index (χ3v) is 2.79. The van der Waals surface area contributed by atoms with Gasteiger partial charge in [-0.25, -0.2) is 19.7 Å². The summed E-state index contributed by atoms with van der Waals surface area (Å²) in [4.78, 5) is 23.6. The van der Waals surface area contributed by atoms with Gasteiger partial charge in [-0.2, -0.15) is 0 Å². The van der Waals surface area contributed by atoms with E-state index in [0.717, 1.165) is 10.6 Å². The molecule has 0 unspecified atom stereocenters. The Bertz CT molecular complexity index is 543. The maximum atomic E-state index is 10.6. The number of pyridine rings is 1. The monoisotopic (exact) mass is 247 g/mol. The van der Waals surface area contributed by atoms with Gasteiger partial charge >= 0.3 is 5.97 Å². The molecule has 2 aromatic rings. The van der Waals surface area contributed by atoms with Crippen LogP contribution in [0.15, 0.2) is 40.6 Å². The molecule has 17 heavy (non-hydrogen) atoms. The van der Waals surface area contributed by atoms with Crippen LogP contribution in [-0.4, -0.2) is 26.0 Å². The molecule has 0 bridgehead atoms. The molecule has 5 nitrogen and oxygen atoms in total. The number of rotatable bonds is 3. The van der Waals surface area contributed by atoms with Crippen molar-refractivity contribution in [1.29, 1.82) is 0 Å². The Kier molecular flexibility index (Phi) is 3.34. The highest BCUT2D eigenvalue weighted by Gasteiger charge is 2.05. The molecule has 1 N–H and O–H groups in total. The lowest BCUT2D eigenvalue weighted by molar-refractivity contribution is 0.0690. The number of carboxylic acids is 1. The van der Waals surface area contributed by atoms with E-state index < -0.39 is 5.97 Å². The van der Waals surface area contributed by atoms with Crippen molar-refractivity contribution in [2.24, 2.45) is 0 Å². The van der Waals surface area contributed by atoms with E-state index in [4.69, 9.17) is 5.11 Å². The van der Waals surface area contributed by atoms with E-state index >= 15 is 0 Å². The molecular formula is C11H9N3O2S. The minimum atomic E-state index is -1.03. The average molecular weight is 247 g/mol. The van der Waals surface area contributed by atoms with Gasteiger partial charge < -0.3 is 5.11 Å². The van der Waals surface area contributed by atoms with Crippen LogP contribution in [0.25, 0.3) is 0 Å². The van der Waals surface area contributed by atoms with Gasteiger partial charge in [0.1, 0.15) is 5.69 Å². The fourth-order valence-electron chi connectivity index (χ4n) is 1.15. The number of carboxylic acid groups (broad SMARTS) is 1. The summed E-state index contributed by atoms with van der Waals surface area (Å²) in [6, 6.07) is 4.96. The first-order valence-corrected chi connectivity index (χ1v) is 5.63. The van der Waals surface area contributed by atoms with Crippen molar-refractivity contribution in [2.45, 2.75) is 17.0 Å². The first-order chi connectivity index (χ1) is 8.15. The van der Waals surface area contributed by atoms with E-state index in [1.165, 1.54) is 24.0 Å². The van der Waals surface area contributed by atoms with Crippen LogP contribution in [0.4, 0.5) is 0 Å². The van der Waals surface area contributed by atoms with Gasteiger partial charge in [-0.3, -0.25) is 0 Å². The van der Waals surface area contributed by atoms with Gasteiger partial charge in [-0.1, -0.05) is 0 Å². The lowest BCUT2D eigenvalue weighted by atomic mass is 10.4. The average Bonchev–Trinajstić information content (AvgIpc) is 2.29. The third-order valence-electron chi connectivity index (χ3n) is 1.94. The summed E-state index contributed by atoms with van der Waals surface area (Å²) in [5.41, 5.74) is 0.914. The molecule has 0 fully saturated rings. The number of aromatic carboxylic acids is 1. The lowest BCUT2D eigenvalue weighted by Crippen LogP contribution is -1.99. The fraction of sp³-hybridized carbons (Fsp3) is 0.0909. The van der Waals surface area contributed by atoms with Crippen LogP contribution in [0, 0.1) is 6.92 Å². The van der Waals surface area contributed by atoms with Crippen LogP contribution in [0.1, 0.15) is 16.2 Å². The van der Waals surface area contributed by atoms with Crippen LogP contribution in [0.3, 0.4) is 0 Å². The summed E-state index contributed by atoms with van der Waals surface area (Å²) in [6.45, 7) is 1.89. The third kappa shape index (κ3) is 3.01. The molecule has 0 aliphatic heterocycles. The molecule has 0 atom stereocenters. The van der Waals surface area contributed by atoms with Crippen molar-refractivity contribution < 1.29 is 9.90 Å². The van der Waals surface area contributed by atoms with E-state index in [0.29, 0.717) is 5.16 Å². The van der Waals surface area contributed by atoms with Crippen LogP contribution in [0.5, 0.6) is 0 Å². The first-order valence-electron chi connectivity index (χ1n) is 4.82. The van der Waals surface area contributed by atoms with E-state index in [1.807, 2.05) is 13.0 Å². The van der Waals surface area contributed by atoms with Crippen molar-refractivity contribution in [1.82, 2.24) is 15.0 Å². The number of nitrogens with zero attached hydrogens (tertiary/aromatic N) is 3. The van der Waals surface area contributed by atoms with Crippen LogP contribution >= 0.6 is 11.8 Å². The summed E-state index contributed by atoms with van der Waals surface area (Å²) in [5, 5.41) is 9.33. The molecule has 0 spiro atoms. The van der Waals surface area contributed by atoms with E-state index in [1.54, 1.807) is 12.3 Å². The van der Waals surface area contributed by atoms with Crippen LogP contribution in [0.2, 0.25) is 0 Å². The Labute approximate surface area is 102 Å². The summed E-state index contributed by atoms with van der Waals surface area (Å²) in [6.07, 6.45) is 3.18. The van der Waals surface area contributed by atoms with E-state index in [-0.39, 0.29) is 5.69 Å². The Morgan fingerprint density at radius 2 is 2.12 bits per heavy atom. The normalized spacial score (nSPS) is 10.2. The second-order valence-electron chi connectivity index (χ2n) is 3.27. The lowest BCUT2D eigenvalue weighted by Gasteiger charge is -2.00. The zero-order valence-electron chi connectivity index (χ0n) is 8.99. The fourth-order valence-corrected chi connectivity index (χ4v) is 1.90. The van der Waals surface area contributed by atoms with Gasteiger partial charge in [0, 0.05) is 23.0 Å². The molecule has 0 saturated carbocycles. The molecule has 2 rings (SSSR count). The van der Waals surface area contributed by atoms with Crippen molar-refractivity contribution in [3.8, 4) is 0 Å². The predicted octanol–water partition coefficient (Wildman–Crippen LogP) is 2.03. The second kappa shape index (κ2) is 4.92. The molecule has 0 aliphatic rings. The van der Waals surface area contributed by atoms with Gasteiger partial charge in [0.15, 0.2) is 5.16 Å². The summed E-state index contributed by atoms with van der Waals surface area (Å²) >= 11 is 1.34. The van der Waals surface area contributed by atoms with Crippen molar-refractivity contribution in [3.63, 3.8) is 0 Å². The standard InChI is InChI=1S/C11H9N3O2S/c1-7-4-5-12-11(14-7)17-8-2-3-9(10(15)16)13-6-8/h2-6H,1H3,(H,15,16). The van der Waals surface area contributed by atoms with Gasteiger partial charge in [-0.05, 0) is 36.9 Å². The molecule has 6 heteroatoms. The Morgan fingerprint density at radius 1 is 1.29 bits per heavy atom. The van der Waals surface area contributed by atoms with E-state index in [2.05, 4.69) is 15.0 Å². The van der Waals surface area contributed by atoms with Gasteiger partial charge in [0.2, 0.25) is 0 Å². The SMILES string of the molecule is Cc1ccnc(Sc2ccc(C(=O)O)nc2)n1. The predicted molar refractivity (Wildman–Crippen MR) is 62.1 cm³/mol. The molecule has 0 aromatic carbocycles.